The van der Waals surface area contributed by atoms with Crippen LogP contribution in [0, 0.1) is 11.8 Å². The molecule has 1 aromatic heterocycles. The number of aliphatic hydroxyl groups excluding tert-OH is 1. The molecule has 1 saturated heterocycles. The quantitative estimate of drug-likeness (QED) is 0.683. The molecule has 2 heterocycles. The van der Waals surface area contributed by atoms with E-state index in [0.29, 0.717) is 17.4 Å². The van der Waals surface area contributed by atoms with E-state index < -0.39 is 12.1 Å². The maximum absolute atomic E-state index is 13.2. The van der Waals surface area contributed by atoms with Gasteiger partial charge in [-0.1, -0.05) is 30.9 Å². The number of carbonyl (C=O) groups excluding carboxylic acids is 2. The minimum atomic E-state index is -1.01. The van der Waals surface area contributed by atoms with Crippen molar-refractivity contribution in [2.24, 2.45) is 11.8 Å². The molecule has 5 rings (SSSR count). The lowest BCUT2D eigenvalue weighted by atomic mass is 9.84. The molecule has 9 nitrogen and oxygen atoms in total. The fraction of sp³-hybridized carbons (Fsp3) is 0.591. The van der Waals surface area contributed by atoms with Crippen molar-refractivity contribution in [1.29, 1.82) is 0 Å². The third-order valence-electron chi connectivity index (χ3n) is 7.10. The van der Waals surface area contributed by atoms with Gasteiger partial charge in [0.05, 0.1) is 5.69 Å². The third-order valence-corrected chi connectivity index (χ3v) is 7.34. The van der Waals surface area contributed by atoms with Crippen LogP contribution in [0.1, 0.15) is 50.5 Å². The second-order valence-corrected chi connectivity index (χ2v) is 9.58. The minimum absolute atomic E-state index is 0.00284. The molecule has 3 fully saturated rings. The van der Waals surface area contributed by atoms with Crippen LogP contribution in [-0.2, 0) is 16.1 Å². The highest BCUT2D eigenvalue weighted by atomic mass is 35.5. The number of carbonyl (C=O) groups is 2. The SMILES string of the molecule is O=C(NCc1cc(Cl)ccc1-n1cnnn1)[C@@H]1C[C@H]2C[C@H]2N1C(=O)[C@H](O)C1CCCCC1. The summed E-state index contributed by atoms with van der Waals surface area (Å²) in [4.78, 5) is 28.0. The van der Waals surface area contributed by atoms with Crippen molar-refractivity contribution in [2.45, 2.75) is 69.7 Å². The van der Waals surface area contributed by atoms with Gasteiger partial charge < -0.3 is 15.3 Å². The number of hydrogen-bond acceptors (Lipinski definition) is 6. The molecule has 2 amide bonds. The highest BCUT2D eigenvalue weighted by Crippen LogP contribution is 2.48. The molecule has 0 radical (unpaired) electrons. The first-order valence-corrected chi connectivity index (χ1v) is 11.7. The summed E-state index contributed by atoms with van der Waals surface area (Å²) >= 11 is 6.16. The summed E-state index contributed by atoms with van der Waals surface area (Å²) < 4.78 is 1.51. The number of tetrazole rings is 1. The normalized spacial score (nSPS) is 25.9. The molecule has 1 aromatic carbocycles. The van der Waals surface area contributed by atoms with E-state index in [-0.39, 0.29) is 30.3 Å². The Kier molecular flexibility index (Phi) is 5.86. The number of piperidine rings is 1. The Labute approximate surface area is 191 Å². The summed E-state index contributed by atoms with van der Waals surface area (Å²) in [6.45, 7) is 0.230. The van der Waals surface area contributed by atoms with Crippen LogP contribution in [0.15, 0.2) is 24.5 Å². The second-order valence-electron chi connectivity index (χ2n) is 9.15. The van der Waals surface area contributed by atoms with E-state index in [1.54, 1.807) is 23.1 Å². The highest BCUT2D eigenvalue weighted by Gasteiger charge is 2.57. The van der Waals surface area contributed by atoms with Crippen LogP contribution in [0.3, 0.4) is 0 Å². The minimum Gasteiger partial charge on any atom is -0.383 e. The van der Waals surface area contributed by atoms with Crippen molar-refractivity contribution >= 4 is 23.4 Å². The Morgan fingerprint density at radius 1 is 1.22 bits per heavy atom. The Morgan fingerprint density at radius 3 is 2.78 bits per heavy atom. The van der Waals surface area contributed by atoms with Crippen molar-refractivity contribution in [3.05, 3.63) is 35.1 Å². The Hall–Kier alpha value is -2.52. The number of amides is 2. The summed E-state index contributed by atoms with van der Waals surface area (Å²) in [7, 11) is 0. The molecule has 170 valence electrons. The average Bonchev–Trinajstić information content (AvgIpc) is 3.21. The molecular formula is C22H27ClN6O3. The lowest BCUT2D eigenvalue weighted by Gasteiger charge is -2.33. The molecule has 2 N–H and O–H groups in total. The number of hydrogen-bond donors (Lipinski definition) is 2. The fourth-order valence-electron chi connectivity index (χ4n) is 5.30. The van der Waals surface area contributed by atoms with Crippen LogP contribution in [0.5, 0.6) is 0 Å². The van der Waals surface area contributed by atoms with E-state index in [0.717, 1.165) is 49.8 Å². The van der Waals surface area contributed by atoms with Crippen LogP contribution in [-0.4, -0.2) is 60.2 Å². The van der Waals surface area contributed by atoms with Crippen LogP contribution in [0.4, 0.5) is 0 Å². The standard InChI is InChI=1S/C22H27ClN6O3/c23-16-6-7-17(28-12-25-26-27-28)15(8-16)11-24-21(31)19-10-14-9-18(14)29(19)22(32)20(30)13-4-2-1-3-5-13/h6-8,12-14,18-20,30H,1-5,9-11H2,(H,24,31)/t14-,18-,19+,20-/m1/s1. The van der Waals surface area contributed by atoms with Gasteiger partial charge >= 0.3 is 0 Å². The van der Waals surface area contributed by atoms with Crippen molar-refractivity contribution < 1.29 is 14.7 Å². The first-order valence-electron chi connectivity index (χ1n) is 11.3. The molecule has 10 heteroatoms. The van der Waals surface area contributed by atoms with Gasteiger partial charge in [0.15, 0.2) is 0 Å². The van der Waals surface area contributed by atoms with Gasteiger partial charge in [-0.3, -0.25) is 9.59 Å². The molecule has 4 atom stereocenters. The Balaban J connectivity index is 1.28. The van der Waals surface area contributed by atoms with Gasteiger partial charge in [-0.05, 0) is 71.7 Å². The van der Waals surface area contributed by atoms with Gasteiger partial charge in [0, 0.05) is 17.6 Å². The number of benzene rings is 1. The van der Waals surface area contributed by atoms with Gasteiger partial charge in [0.25, 0.3) is 5.91 Å². The molecule has 1 aliphatic heterocycles. The number of aromatic nitrogens is 4. The number of aliphatic hydroxyl groups is 1. The van der Waals surface area contributed by atoms with E-state index in [1.165, 1.54) is 11.0 Å². The summed E-state index contributed by atoms with van der Waals surface area (Å²) in [5.74, 6) is -0.123. The van der Waals surface area contributed by atoms with E-state index in [2.05, 4.69) is 20.8 Å². The molecule has 3 aliphatic rings. The Bertz CT molecular complexity index is 994. The number of likely N-dealkylation sites (tertiary alicyclic amines) is 1. The summed E-state index contributed by atoms with van der Waals surface area (Å²) in [5.41, 5.74) is 1.48. The molecule has 2 aromatic rings. The number of halogens is 1. The maximum Gasteiger partial charge on any atom is 0.252 e. The van der Waals surface area contributed by atoms with Gasteiger partial charge in [-0.15, -0.1) is 5.10 Å². The first-order chi connectivity index (χ1) is 15.5. The van der Waals surface area contributed by atoms with Gasteiger partial charge in [0.1, 0.15) is 18.5 Å². The zero-order valence-electron chi connectivity index (χ0n) is 17.7. The predicted octanol–water partition coefficient (Wildman–Crippen LogP) is 1.86. The van der Waals surface area contributed by atoms with Crippen molar-refractivity contribution in [3.63, 3.8) is 0 Å². The molecule has 2 aliphatic carbocycles. The number of nitrogens with zero attached hydrogens (tertiary/aromatic N) is 5. The zero-order valence-corrected chi connectivity index (χ0v) is 18.5. The van der Waals surface area contributed by atoms with Crippen molar-refractivity contribution in [3.8, 4) is 5.69 Å². The molecular weight excluding hydrogens is 432 g/mol. The highest BCUT2D eigenvalue weighted by molar-refractivity contribution is 6.30. The van der Waals surface area contributed by atoms with Crippen molar-refractivity contribution in [2.75, 3.05) is 0 Å². The second kappa shape index (κ2) is 8.78. The van der Waals surface area contributed by atoms with Crippen LogP contribution >= 0.6 is 11.6 Å². The zero-order chi connectivity index (χ0) is 22.2. The van der Waals surface area contributed by atoms with Crippen LogP contribution in [0.2, 0.25) is 5.02 Å². The lowest BCUT2D eigenvalue weighted by molar-refractivity contribution is -0.149. The Morgan fingerprint density at radius 2 is 2.03 bits per heavy atom. The molecule has 2 saturated carbocycles. The predicted molar refractivity (Wildman–Crippen MR) is 116 cm³/mol. The fourth-order valence-corrected chi connectivity index (χ4v) is 5.50. The number of fused-ring (bicyclic) bond motifs is 1. The van der Waals surface area contributed by atoms with E-state index in [9.17, 15) is 14.7 Å². The lowest BCUT2D eigenvalue weighted by Crippen LogP contribution is -2.52. The number of rotatable bonds is 6. The first kappa shape index (κ1) is 21.3. The summed E-state index contributed by atoms with van der Waals surface area (Å²) in [6.07, 6.45) is 7.05. The van der Waals surface area contributed by atoms with E-state index in [1.807, 2.05) is 0 Å². The third kappa shape index (κ3) is 4.11. The molecule has 0 spiro atoms. The van der Waals surface area contributed by atoms with Gasteiger partial charge in [-0.2, -0.15) is 0 Å². The van der Waals surface area contributed by atoms with Gasteiger partial charge in [0.2, 0.25) is 5.91 Å². The van der Waals surface area contributed by atoms with Crippen LogP contribution < -0.4 is 5.32 Å². The summed E-state index contributed by atoms with van der Waals surface area (Å²) in [5, 5.41) is 25.5. The average molecular weight is 459 g/mol. The van der Waals surface area contributed by atoms with E-state index >= 15 is 0 Å². The number of nitrogens with one attached hydrogen (secondary N) is 1. The monoisotopic (exact) mass is 458 g/mol. The van der Waals surface area contributed by atoms with Crippen LogP contribution in [0.25, 0.3) is 5.69 Å². The smallest absolute Gasteiger partial charge is 0.252 e. The molecule has 0 unspecified atom stereocenters. The van der Waals surface area contributed by atoms with Gasteiger partial charge in [-0.25, -0.2) is 4.68 Å². The van der Waals surface area contributed by atoms with Crippen molar-refractivity contribution in [1.82, 2.24) is 30.4 Å². The molecule has 0 bridgehead atoms. The maximum atomic E-state index is 13.2. The largest absolute Gasteiger partial charge is 0.383 e. The molecule has 32 heavy (non-hydrogen) atoms. The summed E-state index contributed by atoms with van der Waals surface area (Å²) in [6, 6.07) is 4.84. The van der Waals surface area contributed by atoms with E-state index in [4.69, 9.17) is 11.6 Å². The topological polar surface area (TPSA) is 113 Å².